The van der Waals surface area contributed by atoms with Crippen LogP contribution in [-0.4, -0.2) is 18.6 Å². The van der Waals surface area contributed by atoms with Crippen LogP contribution < -0.4 is 16.0 Å². The summed E-state index contributed by atoms with van der Waals surface area (Å²) in [6.45, 7) is 11.5. The van der Waals surface area contributed by atoms with Gasteiger partial charge in [-0.3, -0.25) is 0 Å². The third kappa shape index (κ3) is 6.63. The number of carbonyl (C=O) groups excluding carboxylic acids is 1. The molecule has 21 heavy (non-hydrogen) atoms. The summed E-state index contributed by atoms with van der Waals surface area (Å²) in [5.41, 5.74) is 2.03. The number of benzene rings is 1. The lowest BCUT2D eigenvalue weighted by atomic mass is 10.1. The van der Waals surface area contributed by atoms with E-state index in [1.54, 1.807) is 0 Å². The van der Waals surface area contributed by atoms with Gasteiger partial charge in [-0.25, -0.2) is 4.79 Å². The molecule has 0 saturated heterocycles. The van der Waals surface area contributed by atoms with E-state index in [4.69, 9.17) is 0 Å². The Hall–Kier alpha value is -1.55. The lowest BCUT2D eigenvalue weighted by molar-refractivity contribution is 0.247. The fourth-order valence-electron chi connectivity index (χ4n) is 2.44. The van der Waals surface area contributed by atoms with Gasteiger partial charge in [0.15, 0.2) is 0 Å². The summed E-state index contributed by atoms with van der Waals surface area (Å²) in [5, 5.41) is 9.20. The van der Waals surface area contributed by atoms with Crippen molar-refractivity contribution < 1.29 is 4.79 Å². The van der Waals surface area contributed by atoms with Crippen molar-refractivity contribution in [3.8, 4) is 0 Å². The van der Waals surface area contributed by atoms with E-state index >= 15 is 0 Å². The molecule has 4 nitrogen and oxygen atoms in total. The molecule has 0 radical (unpaired) electrons. The van der Waals surface area contributed by atoms with Crippen LogP contribution in [0.15, 0.2) is 24.3 Å². The van der Waals surface area contributed by atoms with Crippen LogP contribution in [0.1, 0.15) is 52.6 Å². The van der Waals surface area contributed by atoms with Gasteiger partial charge in [0.1, 0.15) is 0 Å². The highest BCUT2D eigenvalue weighted by Crippen LogP contribution is 2.16. The predicted octanol–water partition coefficient (Wildman–Crippen LogP) is 3.91. The number of amides is 2. The third-order valence-electron chi connectivity index (χ3n) is 3.38. The first kappa shape index (κ1) is 17.5. The van der Waals surface area contributed by atoms with Crippen LogP contribution >= 0.6 is 0 Å². The molecule has 1 aromatic rings. The predicted molar refractivity (Wildman–Crippen MR) is 89.6 cm³/mol. The highest BCUT2D eigenvalue weighted by molar-refractivity contribution is 5.89. The molecule has 2 atom stereocenters. The van der Waals surface area contributed by atoms with Gasteiger partial charge in [0.2, 0.25) is 0 Å². The molecule has 1 aromatic carbocycles. The minimum absolute atomic E-state index is 0.143. The second kappa shape index (κ2) is 8.67. The molecule has 0 aromatic heterocycles. The quantitative estimate of drug-likeness (QED) is 0.713. The van der Waals surface area contributed by atoms with E-state index in [0.29, 0.717) is 12.0 Å². The van der Waals surface area contributed by atoms with E-state index < -0.39 is 0 Å². The van der Waals surface area contributed by atoms with Gasteiger partial charge in [0.05, 0.1) is 0 Å². The summed E-state index contributed by atoms with van der Waals surface area (Å²) in [4.78, 5) is 11.9. The molecule has 3 N–H and O–H groups in total. The van der Waals surface area contributed by atoms with Crippen LogP contribution in [0, 0.1) is 5.92 Å². The van der Waals surface area contributed by atoms with Crippen LogP contribution in [0.3, 0.4) is 0 Å². The highest BCUT2D eigenvalue weighted by Gasteiger charge is 2.09. The number of anilines is 1. The maximum absolute atomic E-state index is 11.9. The number of urea groups is 1. The van der Waals surface area contributed by atoms with Crippen molar-refractivity contribution in [3.05, 3.63) is 29.8 Å². The summed E-state index contributed by atoms with van der Waals surface area (Å²) in [5.74, 6) is 0.576. The fourth-order valence-corrected chi connectivity index (χ4v) is 2.44. The number of hydrogen-bond donors (Lipinski definition) is 3. The van der Waals surface area contributed by atoms with E-state index in [1.165, 1.54) is 5.56 Å². The molecule has 0 aliphatic carbocycles. The van der Waals surface area contributed by atoms with Gasteiger partial charge >= 0.3 is 6.03 Å². The Balaban J connectivity index is 2.49. The molecule has 0 aliphatic rings. The molecule has 0 bridgehead atoms. The SMILES string of the molecule is CCNC(C)c1ccc(NC(=O)NC(C)CC(C)C)cc1. The van der Waals surface area contributed by atoms with Crippen LogP contribution in [0.25, 0.3) is 0 Å². The monoisotopic (exact) mass is 291 g/mol. The van der Waals surface area contributed by atoms with Gasteiger partial charge in [-0.1, -0.05) is 32.9 Å². The molecule has 2 unspecified atom stereocenters. The Morgan fingerprint density at radius 2 is 1.71 bits per heavy atom. The van der Waals surface area contributed by atoms with Crippen LogP contribution in [0.4, 0.5) is 10.5 Å². The van der Waals surface area contributed by atoms with Crippen molar-refractivity contribution in [2.24, 2.45) is 5.92 Å². The van der Waals surface area contributed by atoms with Crippen molar-refractivity contribution in [3.63, 3.8) is 0 Å². The summed E-state index contributed by atoms with van der Waals surface area (Å²) in [6, 6.07) is 8.32. The smallest absolute Gasteiger partial charge is 0.319 e. The summed E-state index contributed by atoms with van der Waals surface area (Å²) >= 11 is 0. The Bertz CT molecular complexity index is 428. The molecule has 0 fully saturated rings. The van der Waals surface area contributed by atoms with Crippen molar-refractivity contribution in [2.75, 3.05) is 11.9 Å². The lowest BCUT2D eigenvalue weighted by Crippen LogP contribution is -2.36. The normalized spacial score (nSPS) is 13.8. The standard InChI is InChI=1S/C17H29N3O/c1-6-18-14(5)15-7-9-16(10-8-15)20-17(21)19-13(4)11-12(2)3/h7-10,12-14,18H,6,11H2,1-5H3,(H2,19,20,21). The van der Waals surface area contributed by atoms with Crippen LogP contribution in [0.2, 0.25) is 0 Å². The van der Waals surface area contributed by atoms with Gasteiger partial charge in [-0.15, -0.1) is 0 Å². The number of nitrogens with one attached hydrogen (secondary N) is 3. The van der Waals surface area contributed by atoms with Gasteiger partial charge in [-0.2, -0.15) is 0 Å². The number of carbonyl (C=O) groups is 1. The van der Waals surface area contributed by atoms with E-state index in [-0.39, 0.29) is 12.1 Å². The lowest BCUT2D eigenvalue weighted by Gasteiger charge is -2.17. The summed E-state index contributed by atoms with van der Waals surface area (Å²) in [7, 11) is 0. The Morgan fingerprint density at radius 3 is 2.24 bits per heavy atom. The third-order valence-corrected chi connectivity index (χ3v) is 3.38. The van der Waals surface area contributed by atoms with Gasteiger partial charge in [-0.05, 0) is 50.4 Å². The first-order valence-electron chi connectivity index (χ1n) is 7.83. The Kier molecular flexibility index (Phi) is 7.23. The first-order valence-corrected chi connectivity index (χ1v) is 7.83. The molecule has 1 rings (SSSR count). The molecule has 0 heterocycles. The van der Waals surface area contributed by atoms with Gasteiger partial charge in [0, 0.05) is 17.8 Å². The first-order chi connectivity index (χ1) is 9.92. The molecule has 118 valence electrons. The molecule has 0 aliphatic heterocycles. The van der Waals surface area contributed by atoms with Gasteiger partial charge < -0.3 is 16.0 Å². The molecule has 0 saturated carbocycles. The zero-order chi connectivity index (χ0) is 15.8. The molecule has 4 heteroatoms. The van der Waals surface area contributed by atoms with Crippen molar-refractivity contribution in [1.82, 2.24) is 10.6 Å². The van der Waals surface area contributed by atoms with Gasteiger partial charge in [0.25, 0.3) is 0 Å². The Morgan fingerprint density at radius 1 is 1.10 bits per heavy atom. The van der Waals surface area contributed by atoms with Crippen molar-refractivity contribution >= 4 is 11.7 Å². The second-order valence-electron chi connectivity index (χ2n) is 6.03. The molecular weight excluding hydrogens is 262 g/mol. The average Bonchev–Trinajstić information content (AvgIpc) is 2.38. The highest BCUT2D eigenvalue weighted by atomic mass is 16.2. The molecular formula is C17H29N3O. The van der Waals surface area contributed by atoms with Crippen LogP contribution in [0.5, 0.6) is 0 Å². The molecule has 2 amide bonds. The zero-order valence-electron chi connectivity index (χ0n) is 13.9. The van der Waals surface area contributed by atoms with Crippen molar-refractivity contribution in [2.45, 2.75) is 53.1 Å². The van der Waals surface area contributed by atoms with E-state index in [9.17, 15) is 4.79 Å². The minimum atomic E-state index is -0.143. The van der Waals surface area contributed by atoms with Crippen LogP contribution in [-0.2, 0) is 0 Å². The maximum atomic E-state index is 11.9. The van der Waals surface area contributed by atoms with Crippen molar-refractivity contribution in [1.29, 1.82) is 0 Å². The minimum Gasteiger partial charge on any atom is -0.335 e. The number of hydrogen-bond acceptors (Lipinski definition) is 2. The van der Waals surface area contributed by atoms with E-state index in [1.807, 2.05) is 31.2 Å². The average molecular weight is 291 g/mol. The largest absolute Gasteiger partial charge is 0.335 e. The summed E-state index contributed by atoms with van der Waals surface area (Å²) < 4.78 is 0. The Labute approximate surface area is 128 Å². The second-order valence-corrected chi connectivity index (χ2v) is 6.03. The maximum Gasteiger partial charge on any atom is 0.319 e. The number of rotatable bonds is 7. The fraction of sp³-hybridized carbons (Fsp3) is 0.588. The summed E-state index contributed by atoms with van der Waals surface area (Å²) in [6.07, 6.45) is 0.979. The zero-order valence-corrected chi connectivity index (χ0v) is 13.9. The topological polar surface area (TPSA) is 53.2 Å². The van der Waals surface area contributed by atoms with E-state index in [2.05, 4.69) is 43.6 Å². The van der Waals surface area contributed by atoms with E-state index in [0.717, 1.165) is 18.7 Å². The molecule has 0 spiro atoms.